The summed E-state index contributed by atoms with van der Waals surface area (Å²) >= 11 is 11.8. The fourth-order valence-electron chi connectivity index (χ4n) is 2.20. The third kappa shape index (κ3) is 5.38. The van der Waals surface area contributed by atoms with Crippen molar-refractivity contribution in [3.05, 3.63) is 64.1 Å². The number of nitrogens with one attached hydrogen (secondary N) is 1. The van der Waals surface area contributed by atoms with Crippen molar-refractivity contribution in [3.63, 3.8) is 0 Å². The molecule has 0 saturated carbocycles. The van der Waals surface area contributed by atoms with E-state index in [9.17, 15) is 8.42 Å². The summed E-state index contributed by atoms with van der Waals surface area (Å²) in [5.74, 6) is -0.133. The van der Waals surface area contributed by atoms with Gasteiger partial charge in [0.1, 0.15) is 0 Å². The number of para-hydroxylation sites is 1. The Morgan fingerprint density at radius 3 is 2.38 bits per heavy atom. The molecule has 1 unspecified atom stereocenters. The van der Waals surface area contributed by atoms with Gasteiger partial charge < -0.3 is 4.90 Å². The van der Waals surface area contributed by atoms with E-state index in [0.717, 1.165) is 5.69 Å². The van der Waals surface area contributed by atoms with Crippen LogP contribution in [0.4, 0.5) is 5.69 Å². The van der Waals surface area contributed by atoms with Crippen molar-refractivity contribution in [2.45, 2.75) is 18.7 Å². The van der Waals surface area contributed by atoms with Crippen LogP contribution in [0.25, 0.3) is 0 Å². The first-order valence-corrected chi connectivity index (χ1v) is 9.88. The maximum Gasteiger partial charge on any atom is 0.215 e. The molecule has 2 aromatic rings. The number of hydrogen-bond acceptors (Lipinski definition) is 3. The lowest BCUT2D eigenvalue weighted by Crippen LogP contribution is -2.40. The van der Waals surface area contributed by atoms with Crippen LogP contribution in [0, 0.1) is 0 Å². The van der Waals surface area contributed by atoms with Crippen LogP contribution in [-0.2, 0) is 15.8 Å². The average molecular weight is 387 g/mol. The fourth-order valence-corrected chi connectivity index (χ4v) is 3.74. The summed E-state index contributed by atoms with van der Waals surface area (Å²) in [5, 5.41) is 0.755. The second-order valence-electron chi connectivity index (χ2n) is 5.65. The van der Waals surface area contributed by atoms with E-state index in [1.54, 1.807) is 18.2 Å². The van der Waals surface area contributed by atoms with Crippen LogP contribution in [-0.4, -0.2) is 28.1 Å². The zero-order valence-corrected chi connectivity index (χ0v) is 15.9. The van der Waals surface area contributed by atoms with Crippen LogP contribution in [0.5, 0.6) is 0 Å². The van der Waals surface area contributed by atoms with Crippen molar-refractivity contribution >= 4 is 38.9 Å². The minimum absolute atomic E-state index is 0.0102. The average Bonchev–Trinajstić information content (AvgIpc) is 2.56. The Kier molecular flexibility index (Phi) is 6.52. The van der Waals surface area contributed by atoms with Crippen LogP contribution in [0.15, 0.2) is 48.5 Å². The Hall–Kier alpha value is -1.27. The van der Waals surface area contributed by atoms with Crippen molar-refractivity contribution < 1.29 is 8.42 Å². The van der Waals surface area contributed by atoms with Gasteiger partial charge in [0.2, 0.25) is 10.0 Å². The maximum atomic E-state index is 12.3. The van der Waals surface area contributed by atoms with E-state index in [2.05, 4.69) is 4.72 Å². The molecule has 0 saturated heterocycles. The third-order valence-corrected chi connectivity index (χ3v) is 5.82. The number of likely N-dealkylation sites (N-methyl/N-ethyl adjacent to an activating group) is 1. The highest BCUT2D eigenvalue weighted by Gasteiger charge is 2.16. The molecule has 0 aliphatic heterocycles. The van der Waals surface area contributed by atoms with Crippen LogP contribution in [0.2, 0.25) is 10.0 Å². The Morgan fingerprint density at radius 1 is 1.08 bits per heavy atom. The highest BCUT2D eigenvalue weighted by atomic mass is 35.5. The topological polar surface area (TPSA) is 49.4 Å². The molecule has 0 fully saturated rings. The Balaban J connectivity index is 1.95. The Morgan fingerprint density at radius 2 is 1.75 bits per heavy atom. The number of benzene rings is 2. The van der Waals surface area contributed by atoms with Gasteiger partial charge in [-0.3, -0.25) is 0 Å². The molecule has 2 rings (SSSR count). The summed E-state index contributed by atoms with van der Waals surface area (Å²) in [4.78, 5) is 2.03. The number of anilines is 1. The second-order valence-corrected chi connectivity index (χ2v) is 8.27. The Labute approximate surface area is 153 Å². The summed E-state index contributed by atoms with van der Waals surface area (Å²) in [5.41, 5.74) is 1.63. The predicted molar refractivity (Wildman–Crippen MR) is 101 cm³/mol. The van der Waals surface area contributed by atoms with Gasteiger partial charge in [0.25, 0.3) is 0 Å². The van der Waals surface area contributed by atoms with Gasteiger partial charge in [-0.05, 0) is 36.8 Å². The molecule has 4 nitrogen and oxygen atoms in total. The number of rotatable bonds is 7. The predicted octanol–water partition coefficient (Wildman–Crippen LogP) is 3.94. The van der Waals surface area contributed by atoms with E-state index in [4.69, 9.17) is 23.2 Å². The van der Waals surface area contributed by atoms with E-state index in [-0.39, 0.29) is 11.8 Å². The van der Waals surface area contributed by atoms with Crippen molar-refractivity contribution in [2.24, 2.45) is 0 Å². The molecule has 1 N–H and O–H groups in total. The van der Waals surface area contributed by atoms with Crippen molar-refractivity contribution in [1.82, 2.24) is 4.72 Å². The lowest BCUT2D eigenvalue weighted by molar-refractivity contribution is 0.569. The molecular weight excluding hydrogens is 367 g/mol. The lowest BCUT2D eigenvalue weighted by atomic mass is 10.2. The molecular formula is C17H20Cl2N2O2S. The molecule has 0 aromatic heterocycles. The quantitative estimate of drug-likeness (QED) is 0.783. The molecule has 1 atom stereocenters. The summed E-state index contributed by atoms with van der Waals surface area (Å²) in [7, 11) is -1.52. The molecule has 0 spiro atoms. The monoisotopic (exact) mass is 386 g/mol. The molecule has 0 aliphatic rings. The normalized spacial score (nSPS) is 12.8. The zero-order valence-electron chi connectivity index (χ0n) is 13.5. The standard InChI is InChI=1S/C17H20Cl2N2O2S/c1-13(21(2)15-6-4-3-5-7-15)11-20-24(22,23)12-14-8-9-16(18)17(19)10-14/h3-10,13,20H,11-12H2,1-2H3. The second kappa shape index (κ2) is 8.21. The zero-order chi connectivity index (χ0) is 17.7. The summed E-state index contributed by atoms with van der Waals surface area (Å²) < 4.78 is 27.2. The fraction of sp³-hybridized carbons (Fsp3) is 0.294. The summed E-state index contributed by atoms with van der Waals surface area (Å²) in [6.45, 7) is 2.28. The number of sulfonamides is 1. The van der Waals surface area contributed by atoms with E-state index in [1.807, 2.05) is 49.2 Å². The highest BCUT2D eigenvalue weighted by molar-refractivity contribution is 7.88. The van der Waals surface area contributed by atoms with Crippen LogP contribution in [0.3, 0.4) is 0 Å². The molecule has 130 valence electrons. The van der Waals surface area contributed by atoms with E-state index in [1.165, 1.54) is 0 Å². The SMILES string of the molecule is CC(CNS(=O)(=O)Cc1ccc(Cl)c(Cl)c1)N(C)c1ccccc1. The van der Waals surface area contributed by atoms with Crippen LogP contribution >= 0.6 is 23.2 Å². The molecule has 24 heavy (non-hydrogen) atoms. The highest BCUT2D eigenvalue weighted by Crippen LogP contribution is 2.23. The van der Waals surface area contributed by atoms with Crippen molar-refractivity contribution in [3.8, 4) is 0 Å². The van der Waals surface area contributed by atoms with Crippen LogP contribution in [0.1, 0.15) is 12.5 Å². The van der Waals surface area contributed by atoms with Gasteiger partial charge >= 0.3 is 0 Å². The first-order chi connectivity index (χ1) is 11.3. The van der Waals surface area contributed by atoms with Crippen LogP contribution < -0.4 is 9.62 Å². The van der Waals surface area contributed by atoms with Crippen molar-refractivity contribution in [1.29, 1.82) is 0 Å². The van der Waals surface area contributed by atoms with Gasteiger partial charge in [-0.25, -0.2) is 13.1 Å². The van der Waals surface area contributed by atoms with Gasteiger partial charge in [0, 0.05) is 25.3 Å². The molecule has 0 amide bonds. The van der Waals surface area contributed by atoms with Gasteiger partial charge in [0.05, 0.1) is 15.8 Å². The summed E-state index contributed by atoms with van der Waals surface area (Å²) in [6.07, 6.45) is 0. The van der Waals surface area contributed by atoms with Gasteiger partial charge in [0.15, 0.2) is 0 Å². The number of hydrogen-bond donors (Lipinski definition) is 1. The number of nitrogens with zero attached hydrogens (tertiary/aromatic N) is 1. The lowest BCUT2D eigenvalue weighted by Gasteiger charge is -2.27. The molecule has 0 heterocycles. The first kappa shape index (κ1) is 19.1. The first-order valence-electron chi connectivity index (χ1n) is 7.47. The van der Waals surface area contributed by atoms with E-state index in [0.29, 0.717) is 22.2 Å². The molecule has 2 aromatic carbocycles. The Bertz CT molecular complexity index is 782. The summed E-state index contributed by atoms with van der Waals surface area (Å²) in [6, 6.07) is 14.7. The minimum Gasteiger partial charge on any atom is -0.371 e. The van der Waals surface area contributed by atoms with Gasteiger partial charge in [-0.2, -0.15) is 0 Å². The van der Waals surface area contributed by atoms with E-state index >= 15 is 0 Å². The molecule has 0 aliphatic carbocycles. The molecule has 0 radical (unpaired) electrons. The smallest absolute Gasteiger partial charge is 0.215 e. The molecule has 0 bridgehead atoms. The third-order valence-electron chi connectivity index (χ3n) is 3.76. The maximum absolute atomic E-state index is 12.3. The largest absolute Gasteiger partial charge is 0.371 e. The van der Waals surface area contributed by atoms with E-state index < -0.39 is 10.0 Å². The van der Waals surface area contributed by atoms with Gasteiger partial charge in [-0.1, -0.05) is 47.5 Å². The van der Waals surface area contributed by atoms with Gasteiger partial charge in [-0.15, -0.1) is 0 Å². The molecule has 7 heteroatoms. The minimum atomic E-state index is -3.45. The van der Waals surface area contributed by atoms with Crippen molar-refractivity contribution in [2.75, 3.05) is 18.5 Å². The number of halogens is 2.